The third-order valence-electron chi connectivity index (χ3n) is 4.18. The van der Waals surface area contributed by atoms with Crippen molar-refractivity contribution in [2.45, 2.75) is 18.6 Å². The Labute approximate surface area is 118 Å². The number of aromatic amines is 1. The molecular formula is C12H16FN5O3. The van der Waals surface area contributed by atoms with Crippen molar-refractivity contribution in [3.63, 3.8) is 0 Å². The highest BCUT2D eigenvalue weighted by atomic mass is 19.1. The van der Waals surface area contributed by atoms with E-state index < -0.39 is 23.7 Å². The van der Waals surface area contributed by atoms with Crippen LogP contribution in [0.5, 0.6) is 0 Å². The molecule has 0 saturated heterocycles. The van der Waals surface area contributed by atoms with Crippen LogP contribution in [-0.4, -0.2) is 49.1 Å². The zero-order valence-corrected chi connectivity index (χ0v) is 11.1. The van der Waals surface area contributed by atoms with Crippen molar-refractivity contribution in [3.8, 4) is 0 Å². The molecule has 2 heterocycles. The number of fused-ring (bicyclic) bond motifs is 1. The van der Waals surface area contributed by atoms with Gasteiger partial charge in [0, 0.05) is 19.1 Å². The van der Waals surface area contributed by atoms with Gasteiger partial charge in [-0.05, 0) is 12.3 Å². The van der Waals surface area contributed by atoms with Crippen LogP contribution in [-0.2, 0) is 0 Å². The highest BCUT2D eigenvalue weighted by Crippen LogP contribution is 2.42. The van der Waals surface area contributed by atoms with Gasteiger partial charge in [0.2, 0.25) is 5.95 Å². The molecule has 0 amide bonds. The first-order valence-electron chi connectivity index (χ1n) is 6.65. The fourth-order valence-corrected chi connectivity index (χ4v) is 3.07. The minimum atomic E-state index is -1.35. The predicted octanol–water partition coefficient (Wildman–Crippen LogP) is -0.798. The summed E-state index contributed by atoms with van der Waals surface area (Å²) >= 11 is 0. The number of hydrogen-bond donors (Lipinski definition) is 4. The molecule has 1 saturated carbocycles. The number of alkyl halides is 1. The summed E-state index contributed by atoms with van der Waals surface area (Å²) in [4.78, 5) is 22.0. The lowest BCUT2D eigenvalue weighted by Gasteiger charge is -2.18. The molecule has 1 aliphatic carbocycles. The van der Waals surface area contributed by atoms with Crippen molar-refractivity contribution in [3.05, 3.63) is 16.7 Å². The second kappa shape index (κ2) is 5.08. The summed E-state index contributed by atoms with van der Waals surface area (Å²) < 4.78 is 16.0. The molecule has 114 valence electrons. The van der Waals surface area contributed by atoms with E-state index in [9.17, 15) is 19.4 Å². The van der Waals surface area contributed by atoms with Crippen LogP contribution in [0.1, 0.15) is 12.5 Å². The van der Waals surface area contributed by atoms with Crippen LogP contribution in [0.25, 0.3) is 11.2 Å². The third kappa shape index (κ3) is 2.09. The standard InChI is InChI=1S/C12H16FN5O3/c13-8-6(3-20)5(2-19)1-7(8)18-4-15-9-10(18)16-12(14)17-11(9)21/h4-8,19-20H,1-3H2,(H3,14,16,17,21)/t5-,6-,7-,8-/m1/s1. The Morgan fingerprint density at radius 1 is 1.48 bits per heavy atom. The number of rotatable bonds is 3. The van der Waals surface area contributed by atoms with Crippen LogP contribution in [0.15, 0.2) is 11.1 Å². The number of H-pyrrole nitrogens is 1. The highest BCUT2D eigenvalue weighted by Gasteiger charge is 2.44. The SMILES string of the molecule is Nc1nc2c(ncn2[C@@H]2C[C@H](CO)[C@@H](CO)[C@H]2F)c(=O)[nH]1. The Hall–Kier alpha value is -2.00. The van der Waals surface area contributed by atoms with Gasteiger partial charge >= 0.3 is 0 Å². The lowest BCUT2D eigenvalue weighted by atomic mass is 9.97. The number of nitrogens with two attached hydrogens (primary N) is 1. The highest BCUT2D eigenvalue weighted by molar-refractivity contribution is 5.70. The van der Waals surface area contributed by atoms with Crippen LogP contribution in [0, 0.1) is 11.8 Å². The fourth-order valence-electron chi connectivity index (χ4n) is 3.07. The number of nitrogens with zero attached hydrogens (tertiary/aromatic N) is 3. The molecule has 0 aromatic carbocycles. The Bertz CT molecular complexity index is 714. The van der Waals surface area contributed by atoms with Crippen molar-refractivity contribution in [2.75, 3.05) is 18.9 Å². The molecule has 1 aliphatic rings. The number of hydrogen-bond acceptors (Lipinski definition) is 6. The molecule has 0 radical (unpaired) electrons. The molecule has 5 N–H and O–H groups in total. The number of aromatic nitrogens is 4. The summed E-state index contributed by atoms with van der Waals surface area (Å²) in [6.45, 7) is -0.545. The summed E-state index contributed by atoms with van der Waals surface area (Å²) in [7, 11) is 0. The Morgan fingerprint density at radius 2 is 2.24 bits per heavy atom. The molecule has 2 aromatic heterocycles. The van der Waals surface area contributed by atoms with E-state index in [1.54, 1.807) is 0 Å². The number of aliphatic hydroxyl groups is 2. The third-order valence-corrected chi connectivity index (χ3v) is 4.18. The summed E-state index contributed by atoms with van der Waals surface area (Å²) in [5.41, 5.74) is 5.32. The smallest absolute Gasteiger partial charge is 0.280 e. The molecule has 0 spiro atoms. The molecular weight excluding hydrogens is 281 g/mol. The van der Waals surface area contributed by atoms with Gasteiger partial charge in [-0.2, -0.15) is 4.98 Å². The maximum absolute atomic E-state index is 14.5. The van der Waals surface area contributed by atoms with E-state index in [1.807, 2.05) is 0 Å². The molecule has 9 heteroatoms. The van der Waals surface area contributed by atoms with Gasteiger partial charge in [0.15, 0.2) is 11.2 Å². The second-order valence-corrected chi connectivity index (χ2v) is 5.31. The van der Waals surface area contributed by atoms with Crippen molar-refractivity contribution in [2.24, 2.45) is 11.8 Å². The molecule has 4 atom stereocenters. The van der Waals surface area contributed by atoms with E-state index in [2.05, 4.69) is 15.0 Å². The van der Waals surface area contributed by atoms with Gasteiger partial charge in [-0.25, -0.2) is 9.37 Å². The van der Waals surface area contributed by atoms with Crippen molar-refractivity contribution >= 4 is 17.1 Å². The van der Waals surface area contributed by atoms with E-state index in [4.69, 9.17) is 5.73 Å². The second-order valence-electron chi connectivity index (χ2n) is 5.31. The number of aliphatic hydroxyl groups excluding tert-OH is 2. The summed E-state index contributed by atoms with van der Waals surface area (Å²) in [5, 5.41) is 18.6. The van der Waals surface area contributed by atoms with E-state index in [0.29, 0.717) is 6.42 Å². The van der Waals surface area contributed by atoms with Gasteiger partial charge in [-0.15, -0.1) is 0 Å². The van der Waals surface area contributed by atoms with Gasteiger partial charge in [-0.3, -0.25) is 9.78 Å². The van der Waals surface area contributed by atoms with E-state index in [-0.39, 0.29) is 36.2 Å². The quantitative estimate of drug-likeness (QED) is 0.587. The average molecular weight is 297 g/mol. The first kappa shape index (κ1) is 14.0. The number of halogens is 1. The molecule has 0 aliphatic heterocycles. The zero-order valence-electron chi connectivity index (χ0n) is 11.1. The van der Waals surface area contributed by atoms with Gasteiger partial charge in [-0.1, -0.05) is 0 Å². The number of nitrogen functional groups attached to an aromatic ring is 1. The van der Waals surface area contributed by atoms with Gasteiger partial charge in [0.1, 0.15) is 6.17 Å². The van der Waals surface area contributed by atoms with E-state index >= 15 is 0 Å². The Kier molecular flexibility index (Phi) is 3.38. The van der Waals surface area contributed by atoms with E-state index in [1.165, 1.54) is 10.9 Å². The summed E-state index contributed by atoms with van der Waals surface area (Å²) in [6, 6.07) is -0.641. The monoisotopic (exact) mass is 297 g/mol. The number of nitrogens with one attached hydrogen (secondary N) is 1. The lowest BCUT2D eigenvalue weighted by molar-refractivity contribution is 0.0957. The number of imidazole rings is 1. The molecule has 0 unspecified atom stereocenters. The fraction of sp³-hybridized carbons (Fsp3) is 0.583. The molecule has 21 heavy (non-hydrogen) atoms. The van der Waals surface area contributed by atoms with Gasteiger partial charge in [0.25, 0.3) is 5.56 Å². The van der Waals surface area contributed by atoms with Crippen LogP contribution >= 0.6 is 0 Å². The van der Waals surface area contributed by atoms with Crippen LogP contribution in [0.2, 0.25) is 0 Å². The molecule has 8 nitrogen and oxygen atoms in total. The summed E-state index contributed by atoms with van der Waals surface area (Å²) in [6.07, 6.45) is 0.326. The van der Waals surface area contributed by atoms with Crippen LogP contribution < -0.4 is 11.3 Å². The van der Waals surface area contributed by atoms with Gasteiger partial charge in [0.05, 0.1) is 12.4 Å². The molecule has 1 fully saturated rings. The van der Waals surface area contributed by atoms with E-state index in [0.717, 1.165) is 0 Å². The average Bonchev–Trinajstić information content (AvgIpc) is 2.99. The van der Waals surface area contributed by atoms with Crippen LogP contribution in [0.3, 0.4) is 0 Å². The summed E-state index contributed by atoms with van der Waals surface area (Å²) in [5.74, 6) is -1.05. The molecule has 0 bridgehead atoms. The normalized spacial score (nSPS) is 29.3. The largest absolute Gasteiger partial charge is 0.396 e. The van der Waals surface area contributed by atoms with Crippen LogP contribution in [0.4, 0.5) is 10.3 Å². The number of anilines is 1. The maximum atomic E-state index is 14.5. The first-order valence-corrected chi connectivity index (χ1v) is 6.65. The zero-order chi connectivity index (χ0) is 15.1. The van der Waals surface area contributed by atoms with Gasteiger partial charge < -0.3 is 20.5 Å². The first-order chi connectivity index (χ1) is 10.1. The predicted molar refractivity (Wildman–Crippen MR) is 72.3 cm³/mol. The molecule has 2 aromatic rings. The minimum Gasteiger partial charge on any atom is -0.396 e. The minimum absolute atomic E-state index is 0.0694. The Balaban J connectivity index is 2.07. The van der Waals surface area contributed by atoms with Crippen molar-refractivity contribution in [1.82, 2.24) is 19.5 Å². The Morgan fingerprint density at radius 3 is 2.86 bits per heavy atom. The van der Waals surface area contributed by atoms with Crippen molar-refractivity contribution < 1.29 is 14.6 Å². The maximum Gasteiger partial charge on any atom is 0.280 e. The lowest BCUT2D eigenvalue weighted by Crippen LogP contribution is -2.25. The molecule has 3 rings (SSSR count). The van der Waals surface area contributed by atoms with Crippen molar-refractivity contribution in [1.29, 1.82) is 0 Å². The topological polar surface area (TPSA) is 130 Å².